The van der Waals surface area contributed by atoms with Gasteiger partial charge in [0, 0.05) is 12.7 Å². The SMILES string of the molecule is Cc1cc(-c2ccnc(N)c2)ccc1CNNC(=O)OC(C)(C)C. The van der Waals surface area contributed by atoms with Gasteiger partial charge in [-0.1, -0.05) is 18.2 Å². The number of pyridine rings is 1. The maximum Gasteiger partial charge on any atom is 0.422 e. The van der Waals surface area contributed by atoms with Gasteiger partial charge in [0.05, 0.1) is 0 Å². The van der Waals surface area contributed by atoms with E-state index < -0.39 is 11.7 Å². The quantitative estimate of drug-likeness (QED) is 0.750. The number of nitrogens with one attached hydrogen (secondary N) is 2. The van der Waals surface area contributed by atoms with Crippen LogP contribution in [0.5, 0.6) is 0 Å². The number of benzene rings is 1. The molecule has 0 unspecified atom stereocenters. The van der Waals surface area contributed by atoms with Gasteiger partial charge in [-0.2, -0.15) is 0 Å². The van der Waals surface area contributed by atoms with Gasteiger partial charge in [-0.3, -0.25) is 5.43 Å². The van der Waals surface area contributed by atoms with Gasteiger partial charge in [-0.15, -0.1) is 0 Å². The Balaban J connectivity index is 1.97. The lowest BCUT2D eigenvalue weighted by Gasteiger charge is -2.20. The Kier molecular flexibility index (Phi) is 5.41. The first kappa shape index (κ1) is 17.7. The lowest BCUT2D eigenvalue weighted by molar-refractivity contribution is 0.0497. The molecule has 128 valence electrons. The Hall–Kier alpha value is -2.60. The Morgan fingerprint density at radius 3 is 2.54 bits per heavy atom. The summed E-state index contributed by atoms with van der Waals surface area (Å²) in [6, 6.07) is 9.89. The fourth-order valence-corrected chi connectivity index (χ4v) is 2.22. The summed E-state index contributed by atoms with van der Waals surface area (Å²) in [5.41, 5.74) is 14.9. The Labute approximate surface area is 142 Å². The monoisotopic (exact) mass is 328 g/mol. The second kappa shape index (κ2) is 7.31. The molecule has 0 spiro atoms. The van der Waals surface area contributed by atoms with Crippen LogP contribution in [0.4, 0.5) is 10.6 Å². The van der Waals surface area contributed by atoms with Crippen LogP contribution in [0, 0.1) is 6.92 Å². The highest BCUT2D eigenvalue weighted by Crippen LogP contribution is 2.23. The summed E-state index contributed by atoms with van der Waals surface area (Å²) in [6.45, 7) is 7.99. The lowest BCUT2D eigenvalue weighted by atomic mass is 10.0. The number of nitrogens with zero attached hydrogens (tertiary/aromatic N) is 1. The van der Waals surface area contributed by atoms with E-state index in [1.807, 2.05) is 52.0 Å². The zero-order valence-electron chi connectivity index (χ0n) is 14.5. The topological polar surface area (TPSA) is 89.3 Å². The van der Waals surface area contributed by atoms with Gasteiger partial charge in [-0.25, -0.2) is 15.2 Å². The molecule has 0 atom stereocenters. The first-order chi connectivity index (χ1) is 11.2. The second-order valence-electron chi connectivity index (χ2n) is 6.59. The van der Waals surface area contributed by atoms with Crippen LogP contribution in [0.2, 0.25) is 0 Å². The molecule has 4 N–H and O–H groups in total. The van der Waals surface area contributed by atoms with E-state index in [4.69, 9.17) is 10.5 Å². The second-order valence-corrected chi connectivity index (χ2v) is 6.59. The molecule has 0 aliphatic heterocycles. The van der Waals surface area contributed by atoms with Crippen LogP contribution in [-0.2, 0) is 11.3 Å². The largest absolute Gasteiger partial charge is 0.443 e. The molecular formula is C18H24N4O2. The van der Waals surface area contributed by atoms with E-state index >= 15 is 0 Å². The van der Waals surface area contributed by atoms with E-state index in [0.717, 1.165) is 22.3 Å². The van der Waals surface area contributed by atoms with E-state index in [1.165, 1.54) is 0 Å². The number of amides is 1. The van der Waals surface area contributed by atoms with E-state index in [1.54, 1.807) is 6.20 Å². The van der Waals surface area contributed by atoms with Gasteiger partial charge in [0.1, 0.15) is 11.4 Å². The maximum absolute atomic E-state index is 11.6. The molecule has 6 nitrogen and oxygen atoms in total. The van der Waals surface area contributed by atoms with Gasteiger partial charge < -0.3 is 10.5 Å². The van der Waals surface area contributed by atoms with Crippen LogP contribution < -0.4 is 16.6 Å². The molecule has 0 aliphatic carbocycles. The summed E-state index contributed by atoms with van der Waals surface area (Å²) in [5.74, 6) is 0.498. The number of nitrogen functional groups attached to an aromatic ring is 1. The highest BCUT2D eigenvalue weighted by atomic mass is 16.6. The zero-order valence-corrected chi connectivity index (χ0v) is 14.5. The van der Waals surface area contributed by atoms with E-state index in [2.05, 4.69) is 21.9 Å². The van der Waals surface area contributed by atoms with Gasteiger partial charge in [-0.05, 0) is 62.1 Å². The molecular weight excluding hydrogens is 304 g/mol. The number of nitrogens with two attached hydrogens (primary N) is 1. The molecule has 0 radical (unpaired) electrons. The van der Waals surface area contributed by atoms with Crippen molar-refractivity contribution in [2.24, 2.45) is 0 Å². The summed E-state index contributed by atoms with van der Waals surface area (Å²) < 4.78 is 5.16. The predicted molar refractivity (Wildman–Crippen MR) is 95.0 cm³/mol. The third-order valence-corrected chi connectivity index (χ3v) is 3.33. The molecule has 1 aromatic carbocycles. The molecule has 0 saturated carbocycles. The Bertz CT molecular complexity index is 723. The zero-order chi connectivity index (χ0) is 17.7. The van der Waals surface area contributed by atoms with Gasteiger partial charge >= 0.3 is 6.09 Å². The number of hydrogen-bond donors (Lipinski definition) is 3. The highest BCUT2D eigenvalue weighted by molar-refractivity contribution is 5.67. The van der Waals surface area contributed by atoms with E-state index in [-0.39, 0.29) is 0 Å². The molecule has 6 heteroatoms. The normalized spacial score (nSPS) is 11.2. The molecule has 1 amide bonds. The van der Waals surface area contributed by atoms with Crippen molar-refractivity contribution >= 4 is 11.9 Å². The first-order valence-corrected chi connectivity index (χ1v) is 7.78. The maximum atomic E-state index is 11.6. The van der Waals surface area contributed by atoms with Crippen LogP contribution in [0.1, 0.15) is 31.9 Å². The van der Waals surface area contributed by atoms with Crippen molar-refractivity contribution in [3.05, 3.63) is 47.7 Å². The summed E-state index contributed by atoms with van der Waals surface area (Å²) in [7, 11) is 0. The minimum absolute atomic E-state index is 0.496. The van der Waals surface area contributed by atoms with Crippen molar-refractivity contribution in [1.29, 1.82) is 0 Å². The molecule has 0 aliphatic rings. The minimum Gasteiger partial charge on any atom is -0.443 e. The Morgan fingerprint density at radius 1 is 1.21 bits per heavy atom. The summed E-state index contributed by atoms with van der Waals surface area (Å²) in [5, 5.41) is 0. The van der Waals surface area contributed by atoms with Crippen molar-refractivity contribution in [2.75, 3.05) is 5.73 Å². The third kappa shape index (κ3) is 5.24. The number of rotatable bonds is 4. The predicted octanol–water partition coefficient (Wildman–Crippen LogP) is 3.17. The molecule has 1 heterocycles. The van der Waals surface area contributed by atoms with Crippen LogP contribution in [0.3, 0.4) is 0 Å². The average molecular weight is 328 g/mol. The fraction of sp³-hybridized carbons (Fsp3) is 0.333. The fourth-order valence-electron chi connectivity index (χ4n) is 2.22. The molecule has 0 bridgehead atoms. The summed E-state index contributed by atoms with van der Waals surface area (Å²) in [4.78, 5) is 15.6. The first-order valence-electron chi connectivity index (χ1n) is 7.78. The van der Waals surface area contributed by atoms with Crippen molar-refractivity contribution in [1.82, 2.24) is 15.8 Å². The average Bonchev–Trinajstić information content (AvgIpc) is 2.47. The van der Waals surface area contributed by atoms with Crippen LogP contribution >= 0.6 is 0 Å². The highest BCUT2D eigenvalue weighted by Gasteiger charge is 2.15. The van der Waals surface area contributed by atoms with Gasteiger partial charge in [0.25, 0.3) is 0 Å². The van der Waals surface area contributed by atoms with Crippen molar-refractivity contribution in [2.45, 2.75) is 39.8 Å². The molecule has 2 rings (SSSR count). The standard InChI is InChI=1S/C18H24N4O2/c1-12-9-13(14-7-8-20-16(19)10-14)5-6-15(12)11-21-22-17(23)24-18(2,3)4/h5-10,21H,11H2,1-4H3,(H2,19,20)(H,22,23). The molecule has 1 aromatic heterocycles. The van der Waals surface area contributed by atoms with Crippen molar-refractivity contribution in [3.8, 4) is 11.1 Å². The van der Waals surface area contributed by atoms with Crippen molar-refractivity contribution < 1.29 is 9.53 Å². The number of aromatic nitrogens is 1. The number of hydrazine groups is 1. The summed E-state index contributed by atoms with van der Waals surface area (Å²) in [6.07, 6.45) is 1.20. The van der Waals surface area contributed by atoms with Crippen LogP contribution in [0.15, 0.2) is 36.5 Å². The number of carbonyl (C=O) groups excluding carboxylic acids is 1. The lowest BCUT2D eigenvalue weighted by Crippen LogP contribution is -2.40. The third-order valence-electron chi connectivity index (χ3n) is 3.33. The van der Waals surface area contributed by atoms with Gasteiger partial charge in [0.2, 0.25) is 0 Å². The molecule has 0 fully saturated rings. The smallest absolute Gasteiger partial charge is 0.422 e. The van der Waals surface area contributed by atoms with Gasteiger partial charge in [0.15, 0.2) is 0 Å². The molecule has 0 saturated heterocycles. The number of aryl methyl sites for hydroxylation is 1. The van der Waals surface area contributed by atoms with Crippen molar-refractivity contribution in [3.63, 3.8) is 0 Å². The number of hydrogen-bond acceptors (Lipinski definition) is 5. The number of anilines is 1. The summed E-state index contributed by atoms with van der Waals surface area (Å²) >= 11 is 0. The Morgan fingerprint density at radius 2 is 1.92 bits per heavy atom. The van der Waals surface area contributed by atoms with E-state index in [9.17, 15) is 4.79 Å². The molecule has 24 heavy (non-hydrogen) atoms. The number of ether oxygens (including phenoxy) is 1. The van der Waals surface area contributed by atoms with E-state index in [0.29, 0.717) is 12.4 Å². The minimum atomic E-state index is -0.518. The van der Waals surface area contributed by atoms with Crippen LogP contribution in [-0.4, -0.2) is 16.7 Å². The van der Waals surface area contributed by atoms with Crippen LogP contribution in [0.25, 0.3) is 11.1 Å². The number of carbonyl (C=O) groups is 1. The molecule has 2 aromatic rings.